The summed E-state index contributed by atoms with van der Waals surface area (Å²) < 4.78 is 0. The molecule has 0 saturated heterocycles. The summed E-state index contributed by atoms with van der Waals surface area (Å²) in [6.07, 6.45) is 0. The number of hydrogen-bond acceptors (Lipinski definition) is 5. The first-order valence-electron chi connectivity index (χ1n) is 5.75. The van der Waals surface area contributed by atoms with Gasteiger partial charge >= 0.3 is 5.97 Å². The van der Waals surface area contributed by atoms with Crippen LogP contribution in [0.2, 0.25) is 0 Å². The Labute approximate surface area is 115 Å². The first kappa shape index (κ1) is 15.5. The van der Waals surface area contributed by atoms with Gasteiger partial charge in [0.2, 0.25) is 0 Å². The van der Waals surface area contributed by atoms with Crippen molar-refractivity contribution in [2.45, 2.75) is 24.3 Å². The quantitative estimate of drug-likeness (QED) is 0.453. The molecule has 0 aliphatic rings. The molecule has 0 bridgehead atoms. The zero-order valence-electron chi connectivity index (χ0n) is 10.8. The second-order valence-corrected chi connectivity index (χ2v) is 5.20. The molecule has 1 unspecified atom stereocenters. The highest BCUT2D eigenvalue weighted by atomic mass is 32.2. The van der Waals surface area contributed by atoms with Crippen LogP contribution < -0.4 is 5.32 Å². The molecule has 0 spiro atoms. The SMILES string of the molecule is CCNC(C)(CSc1ccccc1[N+](=O)[O-])C(=O)O. The maximum Gasteiger partial charge on any atom is 0.324 e. The van der Waals surface area contributed by atoms with E-state index in [4.69, 9.17) is 0 Å². The molecule has 1 aromatic rings. The van der Waals surface area contributed by atoms with E-state index in [1.807, 2.05) is 6.92 Å². The number of para-hydroxylation sites is 1. The van der Waals surface area contributed by atoms with Gasteiger partial charge in [-0.2, -0.15) is 0 Å². The first-order chi connectivity index (χ1) is 8.90. The number of carboxylic acids is 1. The number of aliphatic carboxylic acids is 1. The van der Waals surface area contributed by atoms with E-state index in [1.54, 1.807) is 25.1 Å². The first-order valence-corrected chi connectivity index (χ1v) is 6.74. The summed E-state index contributed by atoms with van der Waals surface area (Å²) in [6.45, 7) is 3.90. The summed E-state index contributed by atoms with van der Waals surface area (Å²) in [5, 5.41) is 23.0. The third-order valence-electron chi connectivity index (χ3n) is 2.62. The number of thioether (sulfide) groups is 1. The van der Waals surface area contributed by atoms with Crippen LogP contribution in [0.3, 0.4) is 0 Å². The number of carbonyl (C=O) groups is 1. The topological polar surface area (TPSA) is 92.5 Å². The molecule has 1 rings (SSSR count). The fraction of sp³-hybridized carbons (Fsp3) is 0.417. The second kappa shape index (κ2) is 6.53. The zero-order chi connectivity index (χ0) is 14.5. The van der Waals surface area contributed by atoms with Crippen molar-refractivity contribution < 1.29 is 14.8 Å². The third-order valence-corrected chi connectivity index (χ3v) is 4.00. The van der Waals surface area contributed by atoms with Crippen LogP contribution in [0.15, 0.2) is 29.2 Å². The molecule has 19 heavy (non-hydrogen) atoms. The molecule has 2 N–H and O–H groups in total. The van der Waals surface area contributed by atoms with Crippen molar-refractivity contribution in [1.29, 1.82) is 0 Å². The number of nitrogens with zero attached hydrogens (tertiary/aromatic N) is 1. The second-order valence-electron chi connectivity index (χ2n) is 4.18. The van der Waals surface area contributed by atoms with Gasteiger partial charge in [-0.05, 0) is 19.5 Å². The van der Waals surface area contributed by atoms with Gasteiger partial charge in [0.15, 0.2) is 0 Å². The molecule has 0 heterocycles. The molecular weight excluding hydrogens is 268 g/mol. The van der Waals surface area contributed by atoms with Crippen molar-refractivity contribution in [2.75, 3.05) is 12.3 Å². The van der Waals surface area contributed by atoms with Crippen LogP contribution in [0, 0.1) is 10.1 Å². The predicted octanol–water partition coefficient (Wildman–Crippen LogP) is 2.14. The summed E-state index contributed by atoms with van der Waals surface area (Å²) in [6, 6.07) is 6.31. The van der Waals surface area contributed by atoms with Crippen LogP contribution in [0.1, 0.15) is 13.8 Å². The van der Waals surface area contributed by atoms with E-state index >= 15 is 0 Å². The van der Waals surface area contributed by atoms with Crippen molar-refractivity contribution in [3.05, 3.63) is 34.4 Å². The maximum absolute atomic E-state index is 11.2. The smallest absolute Gasteiger partial charge is 0.324 e. The number of likely N-dealkylation sites (N-methyl/N-ethyl adjacent to an activating group) is 1. The fourth-order valence-electron chi connectivity index (χ4n) is 1.53. The summed E-state index contributed by atoms with van der Waals surface area (Å²) in [5.41, 5.74) is -1.11. The number of nitrogens with one attached hydrogen (secondary N) is 1. The Balaban J connectivity index is 2.86. The molecule has 0 aliphatic heterocycles. The van der Waals surface area contributed by atoms with Gasteiger partial charge in [0, 0.05) is 11.8 Å². The average molecular weight is 284 g/mol. The lowest BCUT2D eigenvalue weighted by atomic mass is 10.1. The van der Waals surface area contributed by atoms with Crippen LogP contribution in [-0.2, 0) is 4.79 Å². The van der Waals surface area contributed by atoms with Gasteiger partial charge in [-0.3, -0.25) is 14.9 Å². The van der Waals surface area contributed by atoms with E-state index < -0.39 is 16.4 Å². The van der Waals surface area contributed by atoms with E-state index in [0.29, 0.717) is 11.4 Å². The van der Waals surface area contributed by atoms with Crippen molar-refractivity contribution >= 4 is 23.4 Å². The van der Waals surface area contributed by atoms with Crippen LogP contribution in [0.25, 0.3) is 0 Å². The molecule has 0 aromatic heterocycles. The molecule has 0 amide bonds. The predicted molar refractivity (Wildman–Crippen MR) is 73.5 cm³/mol. The molecule has 6 nitrogen and oxygen atoms in total. The van der Waals surface area contributed by atoms with E-state index in [1.165, 1.54) is 17.8 Å². The Bertz CT molecular complexity index is 481. The Morgan fingerprint density at radius 2 is 2.16 bits per heavy atom. The minimum atomic E-state index is -1.11. The highest BCUT2D eigenvalue weighted by Crippen LogP contribution is 2.30. The lowest BCUT2D eigenvalue weighted by molar-refractivity contribution is -0.387. The van der Waals surface area contributed by atoms with E-state index in [0.717, 1.165) is 0 Å². The zero-order valence-corrected chi connectivity index (χ0v) is 11.6. The molecule has 0 aliphatic carbocycles. The van der Waals surface area contributed by atoms with Gasteiger partial charge in [0.05, 0.1) is 9.82 Å². The van der Waals surface area contributed by atoms with Gasteiger partial charge in [0.25, 0.3) is 5.69 Å². The Kier molecular flexibility index (Phi) is 5.31. The minimum absolute atomic E-state index is 0.00302. The van der Waals surface area contributed by atoms with Crippen LogP contribution in [0.5, 0.6) is 0 Å². The van der Waals surface area contributed by atoms with Gasteiger partial charge < -0.3 is 10.4 Å². The summed E-state index contributed by atoms with van der Waals surface area (Å²) in [7, 11) is 0. The number of hydrogen-bond donors (Lipinski definition) is 2. The number of nitro groups is 1. The highest BCUT2D eigenvalue weighted by molar-refractivity contribution is 7.99. The Hall–Kier alpha value is -1.60. The van der Waals surface area contributed by atoms with Gasteiger partial charge in [-0.15, -0.1) is 11.8 Å². The molecule has 0 saturated carbocycles. The standard InChI is InChI=1S/C12H16N2O4S/c1-3-13-12(2,11(15)16)8-19-10-7-5-4-6-9(10)14(17)18/h4-7,13H,3,8H2,1-2H3,(H,15,16). The average Bonchev–Trinajstić information content (AvgIpc) is 2.36. The summed E-state index contributed by atoms with van der Waals surface area (Å²) in [4.78, 5) is 22.1. The van der Waals surface area contributed by atoms with Crippen molar-refractivity contribution in [3.8, 4) is 0 Å². The van der Waals surface area contributed by atoms with Crippen molar-refractivity contribution in [3.63, 3.8) is 0 Å². The van der Waals surface area contributed by atoms with Crippen LogP contribution in [0.4, 0.5) is 5.69 Å². The largest absolute Gasteiger partial charge is 0.480 e. The molecule has 104 valence electrons. The normalized spacial score (nSPS) is 13.8. The summed E-state index contributed by atoms with van der Waals surface area (Å²) in [5.74, 6) is -0.762. The van der Waals surface area contributed by atoms with Gasteiger partial charge in [0.1, 0.15) is 5.54 Å². The number of rotatable bonds is 7. The fourth-order valence-corrected chi connectivity index (χ4v) is 2.67. The van der Waals surface area contributed by atoms with Crippen molar-refractivity contribution in [1.82, 2.24) is 5.32 Å². The number of nitro benzene ring substituents is 1. The molecule has 0 fully saturated rings. The van der Waals surface area contributed by atoms with Crippen LogP contribution in [-0.4, -0.2) is 33.8 Å². The Morgan fingerprint density at radius 1 is 1.53 bits per heavy atom. The van der Waals surface area contributed by atoms with E-state index in [9.17, 15) is 20.0 Å². The van der Waals surface area contributed by atoms with E-state index in [-0.39, 0.29) is 11.4 Å². The van der Waals surface area contributed by atoms with Crippen LogP contribution >= 0.6 is 11.8 Å². The molecule has 1 atom stereocenters. The maximum atomic E-state index is 11.2. The summed E-state index contributed by atoms with van der Waals surface area (Å²) >= 11 is 1.17. The van der Waals surface area contributed by atoms with Crippen molar-refractivity contribution in [2.24, 2.45) is 0 Å². The number of benzene rings is 1. The molecule has 1 aromatic carbocycles. The third kappa shape index (κ3) is 3.93. The lowest BCUT2D eigenvalue weighted by Crippen LogP contribution is -2.51. The van der Waals surface area contributed by atoms with E-state index in [2.05, 4.69) is 5.32 Å². The van der Waals surface area contributed by atoms with Gasteiger partial charge in [-0.1, -0.05) is 19.1 Å². The molecule has 7 heteroatoms. The molecular formula is C12H16N2O4S. The minimum Gasteiger partial charge on any atom is -0.480 e. The number of carboxylic acid groups (broad SMARTS) is 1. The lowest BCUT2D eigenvalue weighted by Gasteiger charge is -2.25. The Morgan fingerprint density at radius 3 is 2.68 bits per heavy atom. The highest BCUT2D eigenvalue weighted by Gasteiger charge is 2.32. The molecule has 0 radical (unpaired) electrons. The van der Waals surface area contributed by atoms with Gasteiger partial charge in [-0.25, -0.2) is 0 Å². The monoisotopic (exact) mass is 284 g/mol.